The van der Waals surface area contributed by atoms with Gasteiger partial charge in [0.2, 0.25) is 0 Å². The maximum Gasteiger partial charge on any atom is 0.124 e. The van der Waals surface area contributed by atoms with Gasteiger partial charge in [-0.05, 0) is 36.6 Å². The van der Waals surface area contributed by atoms with E-state index in [1.165, 1.54) is 6.07 Å². The quantitative estimate of drug-likeness (QED) is 0.793. The summed E-state index contributed by atoms with van der Waals surface area (Å²) in [6.45, 7) is 1.30. The minimum absolute atomic E-state index is 0.0427. The number of imidazole rings is 1. The molecule has 25 heavy (non-hydrogen) atoms. The van der Waals surface area contributed by atoms with Crippen molar-refractivity contribution in [2.45, 2.75) is 31.5 Å². The van der Waals surface area contributed by atoms with Gasteiger partial charge in [0.15, 0.2) is 0 Å². The summed E-state index contributed by atoms with van der Waals surface area (Å²) in [6.07, 6.45) is 7.25. The van der Waals surface area contributed by atoms with Crippen LogP contribution in [0.15, 0.2) is 43.0 Å². The molecule has 0 unspecified atom stereocenters. The minimum Gasteiger partial charge on any atom is -0.372 e. The lowest BCUT2D eigenvalue weighted by Gasteiger charge is -2.30. The molecule has 1 aromatic carbocycles. The van der Waals surface area contributed by atoms with Crippen molar-refractivity contribution >= 4 is 10.9 Å². The highest BCUT2D eigenvalue weighted by Crippen LogP contribution is 2.28. The van der Waals surface area contributed by atoms with Crippen LogP contribution in [-0.4, -0.2) is 27.2 Å². The van der Waals surface area contributed by atoms with E-state index in [4.69, 9.17) is 4.74 Å². The third-order valence-electron chi connectivity index (χ3n) is 4.80. The van der Waals surface area contributed by atoms with E-state index in [2.05, 4.69) is 15.3 Å². The van der Waals surface area contributed by atoms with Crippen LogP contribution in [0.5, 0.6) is 0 Å². The molecule has 5 nitrogen and oxygen atoms in total. The molecule has 2 aromatic heterocycles. The van der Waals surface area contributed by atoms with E-state index < -0.39 is 0 Å². The number of ether oxygens (including phenoxy) is 1. The van der Waals surface area contributed by atoms with E-state index >= 15 is 0 Å². The number of benzene rings is 1. The minimum atomic E-state index is -0.225. The SMILES string of the molecule is Cn1cncc1[C@H]1C[C@@H](NCc2cc(F)cc3cccnc23)CCO1. The molecular formula is C19H21FN4O. The molecule has 0 saturated carbocycles. The fraction of sp³-hybridized carbons (Fsp3) is 0.368. The van der Waals surface area contributed by atoms with Gasteiger partial charge in [-0.15, -0.1) is 0 Å². The lowest BCUT2D eigenvalue weighted by atomic mass is 10.0. The van der Waals surface area contributed by atoms with Gasteiger partial charge in [0.1, 0.15) is 11.9 Å². The fourth-order valence-electron chi connectivity index (χ4n) is 3.48. The summed E-state index contributed by atoms with van der Waals surface area (Å²) in [5.74, 6) is -0.225. The third kappa shape index (κ3) is 3.41. The normalized spacial score (nSPS) is 20.9. The monoisotopic (exact) mass is 340 g/mol. The average Bonchev–Trinajstić information content (AvgIpc) is 3.06. The molecule has 3 heterocycles. The van der Waals surface area contributed by atoms with Gasteiger partial charge in [-0.2, -0.15) is 0 Å². The lowest BCUT2D eigenvalue weighted by Crippen LogP contribution is -2.36. The second-order valence-electron chi connectivity index (χ2n) is 6.53. The number of hydrogen-bond donors (Lipinski definition) is 1. The Morgan fingerprint density at radius 2 is 2.32 bits per heavy atom. The van der Waals surface area contributed by atoms with Gasteiger partial charge >= 0.3 is 0 Å². The van der Waals surface area contributed by atoms with Crippen LogP contribution < -0.4 is 5.32 Å². The van der Waals surface area contributed by atoms with Crippen LogP contribution in [-0.2, 0) is 18.3 Å². The van der Waals surface area contributed by atoms with Crippen molar-refractivity contribution in [1.29, 1.82) is 0 Å². The van der Waals surface area contributed by atoms with E-state index in [9.17, 15) is 4.39 Å². The molecule has 130 valence electrons. The highest BCUT2D eigenvalue weighted by Gasteiger charge is 2.25. The second-order valence-corrected chi connectivity index (χ2v) is 6.53. The number of aryl methyl sites for hydroxylation is 1. The number of nitrogens with zero attached hydrogens (tertiary/aromatic N) is 3. The van der Waals surface area contributed by atoms with Crippen molar-refractivity contribution in [1.82, 2.24) is 19.9 Å². The van der Waals surface area contributed by atoms with Crippen LogP contribution in [0.4, 0.5) is 4.39 Å². The first kappa shape index (κ1) is 16.2. The molecular weight excluding hydrogens is 319 g/mol. The number of fused-ring (bicyclic) bond motifs is 1. The van der Waals surface area contributed by atoms with Gasteiger partial charge in [0, 0.05) is 37.8 Å². The Hall–Kier alpha value is -2.31. The Labute approximate surface area is 145 Å². The number of halogens is 1. The van der Waals surface area contributed by atoms with E-state index in [1.807, 2.05) is 29.9 Å². The average molecular weight is 340 g/mol. The molecule has 1 aliphatic heterocycles. The molecule has 0 amide bonds. The van der Waals surface area contributed by atoms with Crippen molar-refractivity contribution in [2.24, 2.45) is 7.05 Å². The summed E-state index contributed by atoms with van der Waals surface area (Å²) in [5, 5.41) is 4.38. The molecule has 0 radical (unpaired) electrons. The number of nitrogens with one attached hydrogen (secondary N) is 1. The summed E-state index contributed by atoms with van der Waals surface area (Å²) >= 11 is 0. The molecule has 0 spiro atoms. The molecule has 3 aromatic rings. The maximum atomic E-state index is 13.9. The number of aromatic nitrogens is 3. The van der Waals surface area contributed by atoms with E-state index in [0.29, 0.717) is 19.2 Å². The Morgan fingerprint density at radius 1 is 1.40 bits per heavy atom. The summed E-state index contributed by atoms with van der Waals surface area (Å²) in [4.78, 5) is 8.58. The summed E-state index contributed by atoms with van der Waals surface area (Å²) in [5.41, 5.74) is 2.83. The first-order valence-corrected chi connectivity index (χ1v) is 8.55. The van der Waals surface area contributed by atoms with E-state index in [1.54, 1.807) is 18.6 Å². The molecule has 0 aliphatic carbocycles. The first-order valence-electron chi connectivity index (χ1n) is 8.55. The smallest absolute Gasteiger partial charge is 0.124 e. The van der Waals surface area contributed by atoms with Crippen LogP contribution in [0.2, 0.25) is 0 Å². The molecule has 4 rings (SSSR count). The fourth-order valence-corrected chi connectivity index (χ4v) is 3.48. The molecule has 1 N–H and O–H groups in total. The summed E-state index contributed by atoms with van der Waals surface area (Å²) in [7, 11) is 1.98. The first-order chi connectivity index (χ1) is 12.2. The zero-order valence-electron chi connectivity index (χ0n) is 14.2. The van der Waals surface area contributed by atoms with Crippen molar-refractivity contribution in [3.05, 3.63) is 60.1 Å². The van der Waals surface area contributed by atoms with Gasteiger partial charge in [-0.3, -0.25) is 4.98 Å². The predicted octanol–water partition coefficient (Wildman–Crippen LogP) is 3.12. The van der Waals surface area contributed by atoms with Crippen LogP contribution in [0, 0.1) is 5.82 Å². The number of rotatable bonds is 4. The van der Waals surface area contributed by atoms with Crippen molar-refractivity contribution in [3.63, 3.8) is 0 Å². The maximum absolute atomic E-state index is 13.9. The molecule has 2 atom stereocenters. The number of hydrogen-bond acceptors (Lipinski definition) is 4. The van der Waals surface area contributed by atoms with Crippen molar-refractivity contribution < 1.29 is 9.13 Å². The highest BCUT2D eigenvalue weighted by molar-refractivity contribution is 5.81. The topological polar surface area (TPSA) is 52.0 Å². The number of pyridine rings is 1. The van der Waals surface area contributed by atoms with Crippen LogP contribution in [0.25, 0.3) is 10.9 Å². The van der Waals surface area contributed by atoms with Crippen LogP contribution in [0.3, 0.4) is 0 Å². The van der Waals surface area contributed by atoms with Crippen molar-refractivity contribution in [3.8, 4) is 0 Å². The molecule has 1 aliphatic rings. The molecule has 1 fully saturated rings. The largest absolute Gasteiger partial charge is 0.372 e. The zero-order valence-corrected chi connectivity index (χ0v) is 14.2. The van der Waals surface area contributed by atoms with Crippen molar-refractivity contribution in [2.75, 3.05) is 6.61 Å². The molecule has 0 bridgehead atoms. The van der Waals surface area contributed by atoms with Gasteiger partial charge in [-0.1, -0.05) is 6.07 Å². The highest BCUT2D eigenvalue weighted by atomic mass is 19.1. The van der Waals surface area contributed by atoms with Gasteiger partial charge in [0.05, 0.1) is 23.7 Å². The summed E-state index contributed by atoms with van der Waals surface area (Å²) < 4.78 is 21.8. The lowest BCUT2D eigenvalue weighted by molar-refractivity contribution is -0.00403. The predicted molar refractivity (Wildman–Crippen MR) is 93.5 cm³/mol. The van der Waals surface area contributed by atoms with E-state index in [0.717, 1.165) is 35.0 Å². The Kier molecular flexibility index (Phi) is 4.46. The van der Waals surface area contributed by atoms with E-state index in [-0.39, 0.29) is 11.9 Å². The second kappa shape index (κ2) is 6.90. The molecule has 1 saturated heterocycles. The Bertz CT molecular complexity index is 879. The van der Waals surface area contributed by atoms with Gasteiger partial charge in [-0.25, -0.2) is 9.37 Å². The van der Waals surface area contributed by atoms with Crippen LogP contribution in [0.1, 0.15) is 30.2 Å². The molecule has 6 heteroatoms. The standard InChI is InChI=1S/C19H21FN4O/c1-24-12-21-11-17(24)18-9-16(4-6-25-18)23-10-14-8-15(20)7-13-3-2-5-22-19(13)14/h2-3,5,7-8,11-12,16,18,23H,4,6,9-10H2,1H3/t16-,18+/m0/s1. The Morgan fingerprint density at radius 3 is 3.16 bits per heavy atom. The third-order valence-corrected chi connectivity index (χ3v) is 4.80. The van der Waals surface area contributed by atoms with Crippen LogP contribution >= 0.6 is 0 Å². The summed E-state index contributed by atoms with van der Waals surface area (Å²) in [6, 6.07) is 7.13. The van der Waals surface area contributed by atoms with Gasteiger partial charge in [0.25, 0.3) is 0 Å². The van der Waals surface area contributed by atoms with Gasteiger partial charge < -0.3 is 14.6 Å². The Balaban J connectivity index is 1.47. The zero-order chi connectivity index (χ0) is 17.2.